The number of aromatic nitrogens is 2. The van der Waals surface area contributed by atoms with Crippen molar-refractivity contribution in [3.63, 3.8) is 0 Å². The van der Waals surface area contributed by atoms with Crippen LogP contribution in [0.15, 0.2) is 6.07 Å². The van der Waals surface area contributed by atoms with E-state index in [0.717, 1.165) is 31.7 Å². The predicted molar refractivity (Wildman–Crippen MR) is 71.8 cm³/mol. The highest BCUT2D eigenvalue weighted by Gasteiger charge is 2.24. The Hall–Kier alpha value is -1.56. The minimum absolute atomic E-state index is 0.237. The number of piperidine rings is 1. The van der Waals surface area contributed by atoms with E-state index in [-0.39, 0.29) is 6.10 Å². The molecule has 1 saturated heterocycles. The number of aliphatic hydroxyl groups is 1. The topological polar surface area (TPSA) is 67.7 Å². The normalized spacial score (nSPS) is 18.2. The molecule has 0 saturated carbocycles. The van der Waals surface area contributed by atoms with Crippen molar-refractivity contribution in [2.75, 3.05) is 32.2 Å². The second kappa shape index (κ2) is 6.06. The summed E-state index contributed by atoms with van der Waals surface area (Å²) in [6, 6.07) is 1.84. The Labute approximate surface area is 113 Å². The number of anilines is 1. The molecule has 106 valence electrons. The first-order valence-electron chi connectivity index (χ1n) is 6.54. The maximum absolute atomic E-state index is 9.60. The molecular weight excluding hydrogens is 246 g/mol. The molecule has 1 fully saturated rings. The third-order valence-electron chi connectivity index (χ3n) is 3.67. The summed E-state index contributed by atoms with van der Waals surface area (Å²) >= 11 is 0. The number of rotatable bonds is 4. The highest BCUT2D eigenvalue weighted by atomic mass is 16.5. The molecule has 0 aromatic carbocycles. The molecule has 1 N–H and O–H groups in total. The van der Waals surface area contributed by atoms with Crippen LogP contribution in [0.2, 0.25) is 0 Å². The van der Waals surface area contributed by atoms with Gasteiger partial charge in [-0.3, -0.25) is 0 Å². The molecule has 0 spiro atoms. The van der Waals surface area contributed by atoms with Gasteiger partial charge in [0.05, 0.1) is 20.3 Å². The third-order valence-corrected chi connectivity index (χ3v) is 3.67. The van der Waals surface area contributed by atoms with Crippen LogP contribution in [0.1, 0.15) is 19.8 Å². The predicted octanol–water partition coefficient (Wildman–Crippen LogP) is 1.09. The zero-order valence-electron chi connectivity index (χ0n) is 11.7. The number of hydrogen-bond donors (Lipinski definition) is 1. The number of nitrogens with zero attached hydrogens (tertiary/aromatic N) is 3. The Balaban J connectivity index is 2.07. The molecule has 1 aliphatic heterocycles. The largest absolute Gasteiger partial charge is 0.491 e. The minimum atomic E-state index is -0.237. The molecule has 1 atom stereocenters. The van der Waals surface area contributed by atoms with E-state index in [4.69, 9.17) is 9.47 Å². The molecule has 0 radical (unpaired) electrons. The summed E-state index contributed by atoms with van der Waals surface area (Å²) < 4.78 is 10.3. The zero-order valence-corrected chi connectivity index (χ0v) is 11.7. The standard InChI is InChI=1S/C13H21N3O3/c1-9(17)10-4-6-16(7-5-10)12-8-11(18-2)13(19-3)15-14-12/h8-10,17H,4-7H2,1-3H3. The fourth-order valence-corrected chi connectivity index (χ4v) is 2.41. The maximum Gasteiger partial charge on any atom is 0.276 e. The Morgan fingerprint density at radius 3 is 2.47 bits per heavy atom. The van der Waals surface area contributed by atoms with Crippen LogP contribution in [0.3, 0.4) is 0 Å². The first-order valence-corrected chi connectivity index (χ1v) is 6.54. The monoisotopic (exact) mass is 267 g/mol. The number of ether oxygens (including phenoxy) is 2. The summed E-state index contributed by atoms with van der Waals surface area (Å²) in [6.45, 7) is 3.61. The van der Waals surface area contributed by atoms with Crippen LogP contribution >= 0.6 is 0 Å². The Morgan fingerprint density at radius 2 is 1.95 bits per heavy atom. The van der Waals surface area contributed by atoms with Gasteiger partial charge in [0.15, 0.2) is 11.6 Å². The van der Waals surface area contributed by atoms with E-state index in [9.17, 15) is 5.11 Å². The zero-order chi connectivity index (χ0) is 13.8. The van der Waals surface area contributed by atoms with Gasteiger partial charge in [-0.1, -0.05) is 0 Å². The van der Waals surface area contributed by atoms with E-state index < -0.39 is 0 Å². The van der Waals surface area contributed by atoms with Gasteiger partial charge >= 0.3 is 0 Å². The fraction of sp³-hybridized carbons (Fsp3) is 0.692. The number of aliphatic hydroxyl groups excluding tert-OH is 1. The van der Waals surface area contributed by atoms with Crippen molar-refractivity contribution < 1.29 is 14.6 Å². The van der Waals surface area contributed by atoms with Gasteiger partial charge in [0, 0.05) is 19.2 Å². The van der Waals surface area contributed by atoms with Crippen molar-refractivity contribution in [3.8, 4) is 11.6 Å². The molecule has 0 bridgehead atoms. The van der Waals surface area contributed by atoms with Crippen molar-refractivity contribution in [1.82, 2.24) is 10.2 Å². The van der Waals surface area contributed by atoms with Gasteiger partial charge in [-0.05, 0) is 25.7 Å². The smallest absolute Gasteiger partial charge is 0.276 e. The lowest BCUT2D eigenvalue weighted by Crippen LogP contribution is -2.37. The lowest BCUT2D eigenvalue weighted by Gasteiger charge is -2.33. The average molecular weight is 267 g/mol. The van der Waals surface area contributed by atoms with Crippen molar-refractivity contribution in [2.24, 2.45) is 5.92 Å². The molecular formula is C13H21N3O3. The van der Waals surface area contributed by atoms with Gasteiger partial charge < -0.3 is 19.5 Å². The summed E-state index contributed by atoms with van der Waals surface area (Å²) in [6.07, 6.45) is 1.69. The van der Waals surface area contributed by atoms with Crippen LogP contribution in [-0.2, 0) is 0 Å². The lowest BCUT2D eigenvalue weighted by atomic mass is 9.92. The van der Waals surface area contributed by atoms with E-state index in [0.29, 0.717) is 17.5 Å². The second-order valence-electron chi connectivity index (χ2n) is 4.85. The van der Waals surface area contributed by atoms with Gasteiger partial charge in [-0.25, -0.2) is 0 Å². The Morgan fingerprint density at radius 1 is 1.26 bits per heavy atom. The quantitative estimate of drug-likeness (QED) is 0.881. The SMILES string of the molecule is COc1cc(N2CCC(C(C)O)CC2)nnc1OC. The van der Waals surface area contributed by atoms with Crippen molar-refractivity contribution in [2.45, 2.75) is 25.9 Å². The van der Waals surface area contributed by atoms with E-state index in [2.05, 4.69) is 15.1 Å². The highest BCUT2D eigenvalue weighted by molar-refractivity contribution is 5.47. The summed E-state index contributed by atoms with van der Waals surface area (Å²) in [5.41, 5.74) is 0. The average Bonchev–Trinajstić information content (AvgIpc) is 2.46. The Bertz CT molecular complexity index is 418. The molecule has 6 nitrogen and oxygen atoms in total. The highest BCUT2D eigenvalue weighted by Crippen LogP contribution is 2.29. The molecule has 2 heterocycles. The van der Waals surface area contributed by atoms with E-state index in [1.807, 2.05) is 13.0 Å². The van der Waals surface area contributed by atoms with Crippen LogP contribution in [0.25, 0.3) is 0 Å². The van der Waals surface area contributed by atoms with Crippen LogP contribution in [-0.4, -0.2) is 48.7 Å². The van der Waals surface area contributed by atoms with Gasteiger partial charge in [0.25, 0.3) is 5.88 Å². The first-order chi connectivity index (χ1) is 9.15. The molecule has 6 heteroatoms. The lowest BCUT2D eigenvalue weighted by molar-refractivity contribution is 0.109. The Kier molecular flexibility index (Phi) is 4.42. The van der Waals surface area contributed by atoms with Crippen LogP contribution in [0.4, 0.5) is 5.82 Å². The van der Waals surface area contributed by atoms with Crippen LogP contribution in [0.5, 0.6) is 11.6 Å². The van der Waals surface area contributed by atoms with Gasteiger partial charge in [0.1, 0.15) is 0 Å². The van der Waals surface area contributed by atoms with Gasteiger partial charge in [-0.15, -0.1) is 10.2 Å². The van der Waals surface area contributed by atoms with Crippen LogP contribution < -0.4 is 14.4 Å². The summed E-state index contributed by atoms with van der Waals surface area (Å²) in [7, 11) is 3.13. The van der Waals surface area contributed by atoms with E-state index in [1.165, 1.54) is 0 Å². The molecule has 0 aliphatic carbocycles. The number of hydrogen-bond acceptors (Lipinski definition) is 6. The van der Waals surface area contributed by atoms with E-state index >= 15 is 0 Å². The molecule has 1 aliphatic rings. The second-order valence-corrected chi connectivity index (χ2v) is 4.85. The first kappa shape index (κ1) is 13.9. The van der Waals surface area contributed by atoms with Crippen LogP contribution in [0, 0.1) is 5.92 Å². The molecule has 19 heavy (non-hydrogen) atoms. The molecule has 1 aromatic heterocycles. The van der Waals surface area contributed by atoms with E-state index in [1.54, 1.807) is 14.2 Å². The summed E-state index contributed by atoms with van der Waals surface area (Å²) in [5.74, 6) is 2.15. The molecule has 0 amide bonds. The summed E-state index contributed by atoms with van der Waals surface area (Å²) in [5, 5.41) is 17.8. The molecule has 1 unspecified atom stereocenters. The molecule has 2 rings (SSSR count). The van der Waals surface area contributed by atoms with Gasteiger partial charge in [0.2, 0.25) is 0 Å². The fourth-order valence-electron chi connectivity index (χ4n) is 2.41. The maximum atomic E-state index is 9.60. The van der Waals surface area contributed by atoms with Crippen molar-refractivity contribution >= 4 is 5.82 Å². The van der Waals surface area contributed by atoms with Crippen molar-refractivity contribution in [1.29, 1.82) is 0 Å². The van der Waals surface area contributed by atoms with Gasteiger partial charge in [-0.2, -0.15) is 0 Å². The molecule has 1 aromatic rings. The number of methoxy groups -OCH3 is 2. The third kappa shape index (κ3) is 3.07. The minimum Gasteiger partial charge on any atom is -0.491 e. The van der Waals surface area contributed by atoms with Crippen molar-refractivity contribution in [3.05, 3.63) is 6.07 Å². The summed E-state index contributed by atoms with van der Waals surface area (Å²) in [4.78, 5) is 2.16.